The molecule has 0 radical (unpaired) electrons. The smallest absolute Gasteiger partial charge is 0.0544 e. The molecular weight excluding hydrogens is 236 g/mol. The van der Waals surface area contributed by atoms with Crippen LogP contribution in [0.3, 0.4) is 0 Å². The Morgan fingerprint density at radius 1 is 1.16 bits per heavy atom. The van der Waals surface area contributed by atoms with Gasteiger partial charge in [-0.1, -0.05) is 13.0 Å². The molecule has 0 saturated heterocycles. The molecule has 0 amide bonds. The second kappa shape index (κ2) is 9.02. The van der Waals surface area contributed by atoms with Crippen LogP contribution in [0.15, 0.2) is 18.3 Å². The molecule has 0 fully saturated rings. The molecule has 0 bridgehead atoms. The van der Waals surface area contributed by atoms with Gasteiger partial charge in [0.25, 0.3) is 0 Å². The quantitative estimate of drug-likeness (QED) is 0.686. The Morgan fingerprint density at radius 2 is 1.95 bits per heavy atom. The van der Waals surface area contributed by atoms with Crippen LogP contribution in [-0.4, -0.2) is 55.6 Å². The summed E-state index contributed by atoms with van der Waals surface area (Å²) >= 11 is 0. The average Bonchev–Trinajstić information content (AvgIpc) is 2.39. The van der Waals surface area contributed by atoms with E-state index in [4.69, 9.17) is 0 Å². The SMILES string of the molecule is CCCNCc1ccc(CN(C)CCN(C)C)nc1. The van der Waals surface area contributed by atoms with Gasteiger partial charge in [0.15, 0.2) is 0 Å². The van der Waals surface area contributed by atoms with Crippen molar-refractivity contribution in [3.8, 4) is 0 Å². The summed E-state index contributed by atoms with van der Waals surface area (Å²) in [6, 6.07) is 4.31. The van der Waals surface area contributed by atoms with Crippen LogP contribution in [0.25, 0.3) is 0 Å². The van der Waals surface area contributed by atoms with E-state index in [0.29, 0.717) is 0 Å². The third-order valence-electron chi connectivity index (χ3n) is 3.00. The molecule has 0 aromatic carbocycles. The lowest BCUT2D eigenvalue weighted by molar-refractivity contribution is 0.274. The summed E-state index contributed by atoms with van der Waals surface area (Å²) in [6.45, 7) is 7.21. The molecule has 0 saturated carbocycles. The number of rotatable bonds is 9. The van der Waals surface area contributed by atoms with Crippen LogP contribution >= 0.6 is 0 Å². The van der Waals surface area contributed by atoms with Gasteiger partial charge in [0.1, 0.15) is 0 Å². The zero-order valence-electron chi connectivity index (χ0n) is 12.8. The number of nitrogens with one attached hydrogen (secondary N) is 1. The van der Waals surface area contributed by atoms with Crippen molar-refractivity contribution in [2.45, 2.75) is 26.4 Å². The maximum Gasteiger partial charge on any atom is 0.0544 e. The van der Waals surface area contributed by atoms with E-state index in [1.165, 1.54) is 12.0 Å². The molecule has 1 N–H and O–H groups in total. The van der Waals surface area contributed by atoms with Crippen molar-refractivity contribution < 1.29 is 0 Å². The van der Waals surface area contributed by atoms with Crippen molar-refractivity contribution in [2.75, 3.05) is 40.8 Å². The van der Waals surface area contributed by atoms with E-state index in [1.54, 1.807) is 0 Å². The highest BCUT2D eigenvalue weighted by Crippen LogP contribution is 2.03. The fourth-order valence-electron chi connectivity index (χ4n) is 1.79. The zero-order valence-corrected chi connectivity index (χ0v) is 12.8. The molecule has 0 atom stereocenters. The lowest BCUT2D eigenvalue weighted by Crippen LogP contribution is -2.28. The monoisotopic (exact) mass is 264 g/mol. The Balaban J connectivity index is 2.34. The maximum atomic E-state index is 4.53. The van der Waals surface area contributed by atoms with Crippen LogP contribution in [0.2, 0.25) is 0 Å². The molecule has 0 aliphatic heterocycles. The van der Waals surface area contributed by atoms with Crippen molar-refractivity contribution in [1.82, 2.24) is 20.1 Å². The molecule has 108 valence electrons. The fourth-order valence-corrected chi connectivity index (χ4v) is 1.79. The van der Waals surface area contributed by atoms with E-state index in [9.17, 15) is 0 Å². The molecule has 0 spiro atoms. The summed E-state index contributed by atoms with van der Waals surface area (Å²) in [6.07, 6.45) is 3.15. The Hall–Kier alpha value is -0.970. The molecule has 19 heavy (non-hydrogen) atoms. The number of nitrogens with zero attached hydrogens (tertiary/aromatic N) is 3. The van der Waals surface area contributed by atoms with E-state index in [1.807, 2.05) is 6.20 Å². The molecule has 0 unspecified atom stereocenters. The fraction of sp³-hybridized carbons (Fsp3) is 0.667. The predicted octanol–water partition coefficient (Wildman–Crippen LogP) is 1.57. The second-order valence-electron chi connectivity index (χ2n) is 5.38. The summed E-state index contributed by atoms with van der Waals surface area (Å²) in [5.41, 5.74) is 2.40. The minimum atomic E-state index is 0.913. The minimum Gasteiger partial charge on any atom is -0.313 e. The molecule has 1 aromatic heterocycles. The standard InChI is InChI=1S/C15H28N4/c1-5-8-16-11-14-6-7-15(17-12-14)13-19(4)10-9-18(2)3/h6-7,12,16H,5,8-11,13H2,1-4H3. The van der Waals surface area contributed by atoms with Gasteiger partial charge in [0.2, 0.25) is 0 Å². The predicted molar refractivity (Wildman–Crippen MR) is 81.1 cm³/mol. The highest BCUT2D eigenvalue weighted by Gasteiger charge is 2.02. The first-order valence-corrected chi connectivity index (χ1v) is 7.09. The second-order valence-corrected chi connectivity index (χ2v) is 5.38. The zero-order chi connectivity index (χ0) is 14.1. The van der Waals surface area contributed by atoms with Gasteiger partial charge in [-0.3, -0.25) is 9.88 Å². The van der Waals surface area contributed by atoms with Gasteiger partial charge in [-0.05, 0) is 45.7 Å². The molecule has 4 nitrogen and oxygen atoms in total. The van der Waals surface area contributed by atoms with Gasteiger partial charge in [-0.2, -0.15) is 0 Å². The Labute approximate surface area is 117 Å². The van der Waals surface area contributed by atoms with Crippen molar-refractivity contribution >= 4 is 0 Å². The average molecular weight is 264 g/mol. The summed E-state index contributed by atoms with van der Waals surface area (Å²) in [7, 11) is 6.34. The maximum absolute atomic E-state index is 4.53. The first-order valence-electron chi connectivity index (χ1n) is 7.09. The van der Waals surface area contributed by atoms with Gasteiger partial charge in [0.05, 0.1) is 5.69 Å². The van der Waals surface area contributed by atoms with Crippen LogP contribution in [0, 0.1) is 0 Å². The lowest BCUT2D eigenvalue weighted by atomic mass is 10.2. The summed E-state index contributed by atoms with van der Waals surface area (Å²) in [5.74, 6) is 0. The Kier molecular flexibility index (Phi) is 7.63. The highest BCUT2D eigenvalue weighted by atomic mass is 15.2. The largest absolute Gasteiger partial charge is 0.313 e. The molecular formula is C15H28N4. The van der Waals surface area contributed by atoms with E-state index in [0.717, 1.165) is 38.4 Å². The normalized spacial score (nSPS) is 11.5. The minimum absolute atomic E-state index is 0.913. The van der Waals surface area contributed by atoms with Crippen molar-refractivity contribution in [3.05, 3.63) is 29.6 Å². The number of hydrogen-bond donors (Lipinski definition) is 1. The molecule has 0 aliphatic rings. The van der Waals surface area contributed by atoms with Crippen molar-refractivity contribution in [2.24, 2.45) is 0 Å². The lowest BCUT2D eigenvalue weighted by Gasteiger charge is -2.18. The van der Waals surface area contributed by atoms with Crippen molar-refractivity contribution in [1.29, 1.82) is 0 Å². The Morgan fingerprint density at radius 3 is 2.53 bits per heavy atom. The Bertz CT molecular complexity index is 335. The number of likely N-dealkylation sites (N-methyl/N-ethyl adjacent to an activating group) is 2. The number of aromatic nitrogens is 1. The van der Waals surface area contributed by atoms with Crippen LogP contribution in [0.4, 0.5) is 0 Å². The van der Waals surface area contributed by atoms with E-state index < -0.39 is 0 Å². The van der Waals surface area contributed by atoms with Gasteiger partial charge < -0.3 is 10.2 Å². The van der Waals surface area contributed by atoms with Crippen LogP contribution in [0.1, 0.15) is 24.6 Å². The third kappa shape index (κ3) is 7.25. The third-order valence-corrected chi connectivity index (χ3v) is 3.00. The topological polar surface area (TPSA) is 31.4 Å². The first kappa shape index (κ1) is 16.1. The van der Waals surface area contributed by atoms with Crippen molar-refractivity contribution in [3.63, 3.8) is 0 Å². The molecule has 1 aromatic rings. The van der Waals surface area contributed by atoms with Gasteiger partial charge >= 0.3 is 0 Å². The van der Waals surface area contributed by atoms with E-state index in [2.05, 4.69) is 60.3 Å². The summed E-state index contributed by atoms with van der Waals surface area (Å²) in [5, 5.41) is 3.39. The van der Waals surface area contributed by atoms with Crippen LogP contribution < -0.4 is 5.32 Å². The summed E-state index contributed by atoms with van der Waals surface area (Å²) < 4.78 is 0. The first-order chi connectivity index (χ1) is 9.11. The highest BCUT2D eigenvalue weighted by molar-refractivity contribution is 5.13. The number of hydrogen-bond acceptors (Lipinski definition) is 4. The van der Waals surface area contributed by atoms with Gasteiger partial charge in [-0.25, -0.2) is 0 Å². The molecule has 4 heteroatoms. The number of pyridine rings is 1. The van der Waals surface area contributed by atoms with Gasteiger partial charge in [-0.15, -0.1) is 0 Å². The van der Waals surface area contributed by atoms with E-state index >= 15 is 0 Å². The van der Waals surface area contributed by atoms with Gasteiger partial charge in [0, 0.05) is 32.4 Å². The molecule has 1 heterocycles. The molecule has 1 rings (SSSR count). The molecule has 0 aliphatic carbocycles. The summed E-state index contributed by atoms with van der Waals surface area (Å²) in [4.78, 5) is 9.03. The van der Waals surface area contributed by atoms with E-state index in [-0.39, 0.29) is 0 Å². The van der Waals surface area contributed by atoms with Crippen LogP contribution in [-0.2, 0) is 13.1 Å². The van der Waals surface area contributed by atoms with Crippen LogP contribution in [0.5, 0.6) is 0 Å².